The van der Waals surface area contributed by atoms with E-state index in [0.717, 1.165) is 6.07 Å². The van der Waals surface area contributed by atoms with Crippen molar-refractivity contribution in [3.8, 4) is 0 Å². The van der Waals surface area contributed by atoms with Crippen molar-refractivity contribution in [1.82, 2.24) is 9.88 Å². The normalized spacial score (nSPS) is 12.5. The van der Waals surface area contributed by atoms with Gasteiger partial charge in [-0.3, -0.25) is 4.79 Å². The molecule has 1 heterocycles. The van der Waals surface area contributed by atoms with Crippen molar-refractivity contribution in [2.24, 2.45) is 0 Å². The second kappa shape index (κ2) is 7.85. The number of hydrogen-bond donors (Lipinski definition) is 2. The van der Waals surface area contributed by atoms with Gasteiger partial charge in [0.2, 0.25) is 10.0 Å². The molecule has 0 radical (unpaired) electrons. The Morgan fingerprint density at radius 2 is 2.00 bits per heavy atom. The maximum Gasteiger partial charge on any atom is 0.340 e. The number of halogens is 1. The molecule has 0 bridgehead atoms. The van der Waals surface area contributed by atoms with E-state index in [9.17, 15) is 18.0 Å². The third-order valence-electron chi connectivity index (χ3n) is 3.27. The molecule has 1 aromatic carbocycles. The van der Waals surface area contributed by atoms with Gasteiger partial charge < -0.3 is 14.6 Å². The summed E-state index contributed by atoms with van der Waals surface area (Å²) in [5.41, 5.74) is -0.181. The molecule has 0 spiro atoms. The summed E-state index contributed by atoms with van der Waals surface area (Å²) >= 11 is 5.94. The maximum absolute atomic E-state index is 12.3. The van der Waals surface area contributed by atoms with Crippen LogP contribution in [0.5, 0.6) is 0 Å². The lowest BCUT2D eigenvalue weighted by Gasteiger charge is -2.13. The predicted octanol–water partition coefficient (Wildman–Crippen LogP) is 1.73. The molecule has 1 atom stereocenters. The molecule has 0 aliphatic carbocycles. The molecule has 2 aromatic rings. The number of nitrogens with zero attached hydrogens (tertiary/aromatic N) is 1. The van der Waals surface area contributed by atoms with Crippen molar-refractivity contribution >= 4 is 39.3 Å². The molecule has 9 nitrogen and oxygen atoms in total. The number of hydrogen-bond acceptors (Lipinski definition) is 7. The molecule has 2 rings (SSSR count). The van der Waals surface area contributed by atoms with E-state index in [0.29, 0.717) is 5.76 Å². The van der Waals surface area contributed by atoms with Crippen LogP contribution in [0.3, 0.4) is 0 Å². The topological polar surface area (TPSA) is 128 Å². The Morgan fingerprint density at radius 1 is 1.31 bits per heavy atom. The minimum Gasteiger partial charge on any atom is -0.449 e. The number of amides is 1. The lowest BCUT2D eigenvalue weighted by molar-refractivity contribution is -0.123. The number of ether oxygens (including phenoxy) is 1. The summed E-state index contributed by atoms with van der Waals surface area (Å²) in [6.45, 7) is 3.00. The number of sulfonamides is 1. The van der Waals surface area contributed by atoms with E-state index in [-0.39, 0.29) is 21.3 Å². The van der Waals surface area contributed by atoms with Crippen molar-refractivity contribution in [3.63, 3.8) is 0 Å². The second-order valence-corrected chi connectivity index (χ2v) is 7.50. The first-order valence-electron chi connectivity index (χ1n) is 7.32. The number of aromatic nitrogens is 1. The molecular weight excluding hydrogens is 386 g/mol. The monoisotopic (exact) mass is 401 g/mol. The summed E-state index contributed by atoms with van der Waals surface area (Å²) in [7, 11) is -2.53. The van der Waals surface area contributed by atoms with Crippen molar-refractivity contribution < 1.29 is 27.3 Å². The molecule has 0 saturated heterocycles. The van der Waals surface area contributed by atoms with Crippen LogP contribution in [-0.4, -0.2) is 38.6 Å². The summed E-state index contributed by atoms with van der Waals surface area (Å²) < 4.78 is 35.7. The lowest BCUT2D eigenvalue weighted by atomic mass is 10.2. The quantitative estimate of drug-likeness (QED) is 0.705. The SMILES string of the molecule is CNS(=O)(=O)c1ccc(Cl)c(C(=O)O[C@@H](C)C(=O)Nc2cc(C)on2)c1. The highest BCUT2D eigenvalue weighted by Gasteiger charge is 2.23. The number of nitrogens with one attached hydrogen (secondary N) is 2. The smallest absolute Gasteiger partial charge is 0.340 e. The summed E-state index contributed by atoms with van der Waals surface area (Å²) in [6, 6.07) is 5.07. The molecule has 1 amide bonds. The average molecular weight is 402 g/mol. The zero-order valence-corrected chi connectivity index (χ0v) is 15.6. The van der Waals surface area contributed by atoms with Gasteiger partial charge in [0.25, 0.3) is 5.91 Å². The zero-order valence-electron chi connectivity index (χ0n) is 14.1. The van der Waals surface area contributed by atoms with Gasteiger partial charge in [0.05, 0.1) is 15.5 Å². The standard InChI is InChI=1S/C15H16ClN3O6S/c1-8-6-13(19-25-8)18-14(20)9(2)24-15(21)11-7-10(4-5-12(11)16)26(22,23)17-3/h4-7,9,17H,1-3H3,(H,18,19,20)/t9-/m0/s1. The molecule has 2 N–H and O–H groups in total. The Hall–Kier alpha value is -2.43. The van der Waals surface area contributed by atoms with E-state index < -0.39 is 28.0 Å². The molecule has 140 valence electrons. The van der Waals surface area contributed by atoms with E-state index in [4.69, 9.17) is 20.9 Å². The van der Waals surface area contributed by atoms with E-state index >= 15 is 0 Å². The van der Waals surface area contributed by atoms with Crippen LogP contribution in [0.15, 0.2) is 33.7 Å². The van der Waals surface area contributed by atoms with Gasteiger partial charge in [0.15, 0.2) is 11.9 Å². The molecule has 0 aliphatic rings. The molecule has 0 fully saturated rings. The summed E-state index contributed by atoms with van der Waals surface area (Å²) in [5.74, 6) is -0.904. The number of rotatable bonds is 6. The highest BCUT2D eigenvalue weighted by atomic mass is 35.5. The first-order valence-corrected chi connectivity index (χ1v) is 9.18. The highest BCUT2D eigenvalue weighted by Crippen LogP contribution is 2.22. The van der Waals surface area contributed by atoms with Gasteiger partial charge in [-0.2, -0.15) is 0 Å². The van der Waals surface area contributed by atoms with Gasteiger partial charge >= 0.3 is 5.97 Å². The van der Waals surface area contributed by atoms with Crippen molar-refractivity contribution in [1.29, 1.82) is 0 Å². The van der Waals surface area contributed by atoms with Crippen LogP contribution < -0.4 is 10.0 Å². The van der Waals surface area contributed by atoms with Gasteiger partial charge in [0, 0.05) is 6.07 Å². The number of carbonyl (C=O) groups is 2. The van der Waals surface area contributed by atoms with Crippen LogP contribution in [0, 0.1) is 6.92 Å². The maximum atomic E-state index is 12.3. The van der Waals surface area contributed by atoms with E-state index in [1.54, 1.807) is 6.92 Å². The first kappa shape index (κ1) is 19.9. The summed E-state index contributed by atoms with van der Waals surface area (Å²) in [5, 5.41) is 6.00. The Bertz CT molecular complexity index is 941. The van der Waals surface area contributed by atoms with Gasteiger partial charge in [-0.1, -0.05) is 16.8 Å². The van der Waals surface area contributed by atoms with Gasteiger partial charge in [0.1, 0.15) is 5.76 Å². The lowest BCUT2D eigenvalue weighted by Crippen LogP contribution is -2.30. The number of benzene rings is 1. The predicted molar refractivity (Wildman–Crippen MR) is 92.4 cm³/mol. The Labute approximate surface area is 154 Å². The fourth-order valence-electron chi connectivity index (χ4n) is 1.88. The van der Waals surface area contributed by atoms with E-state index in [1.165, 1.54) is 32.2 Å². The van der Waals surface area contributed by atoms with E-state index in [2.05, 4.69) is 15.2 Å². The third-order valence-corrected chi connectivity index (χ3v) is 5.01. The molecule has 26 heavy (non-hydrogen) atoms. The fraction of sp³-hybridized carbons (Fsp3) is 0.267. The number of aryl methyl sites for hydroxylation is 1. The minimum atomic E-state index is -3.77. The zero-order chi connectivity index (χ0) is 19.5. The second-order valence-electron chi connectivity index (χ2n) is 5.21. The number of esters is 1. The molecule has 0 aliphatic heterocycles. The van der Waals surface area contributed by atoms with E-state index in [1.807, 2.05) is 0 Å². The van der Waals surface area contributed by atoms with Gasteiger partial charge in [-0.15, -0.1) is 0 Å². The highest BCUT2D eigenvalue weighted by molar-refractivity contribution is 7.89. The largest absolute Gasteiger partial charge is 0.449 e. The van der Waals surface area contributed by atoms with Crippen LogP contribution in [0.4, 0.5) is 5.82 Å². The van der Waals surface area contributed by atoms with Gasteiger partial charge in [-0.25, -0.2) is 17.9 Å². The summed E-state index contributed by atoms with van der Waals surface area (Å²) in [6.07, 6.45) is -1.18. The van der Waals surface area contributed by atoms with Crippen LogP contribution in [0.2, 0.25) is 5.02 Å². The Balaban J connectivity index is 2.13. The Morgan fingerprint density at radius 3 is 2.58 bits per heavy atom. The molecular formula is C15H16ClN3O6S. The number of anilines is 1. The average Bonchev–Trinajstić information content (AvgIpc) is 2.99. The molecule has 0 saturated carbocycles. The molecule has 1 aromatic heterocycles. The van der Waals surface area contributed by atoms with Crippen LogP contribution >= 0.6 is 11.6 Å². The summed E-state index contributed by atoms with van der Waals surface area (Å²) in [4.78, 5) is 24.1. The van der Waals surface area contributed by atoms with Gasteiger partial charge in [-0.05, 0) is 39.1 Å². The van der Waals surface area contributed by atoms with Crippen molar-refractivity contribution in [3.05, 3.63) is 40.6 Å². The van der Waals surface area contributed by atoms with Crippen molar-refractivity contribution in [2.45, 2.75) is 24.8 Å². The van der Waals surface area contributed by atoms with Crippen LogP contribution in [-0.2, 0) is 19.6 Å². The fourth-order valence-corrected chi connectivity index (χ4v) is 2.83. The van der Waals surface area contributed by atoms with Crippen molar-refractivity contribution in [2.75, 3.05) is 12.4 Å². The first-order chi connectivity index (χ1) is 12.1. The Kier molecular flexibility index (Phi) is 6.01. The molecule has 11 heteroatoms. The molecule has 0 unspecified atom stereocenters. The van der Waals surface area contributed by atoms with Crippen LogP contribution in [0.25, 0.3) is 0 Å². The minimum absolute atomic E-state index is 0.00946. The van der Waals surface area contributed by atoms with Crippen LogP contribution in [0.1, 0.15) is 23.0 Å². The third kappa shape index (κ3) is 4.59. The number of carbonyl (C=O) groups excluding carboxylic acids is 2.